The maximum Gasteiger partial charge on any atom is 0.338 e. The van der Waals surface area contributed by atoms with Crippen molar-refractivity contribution in [3.05, 3.63) is 78.9 Å². The molecule has 1 N–H and O–H groups in total. The Morgan fingerprint density at radius 3 is 2.33 bits per heavy atom. The van der Waals surface area contributed by atoms with E-state index in [1.54, 1.807) is 0 Å². The van der Waals surface area contributed by atoms with Crippen LogP contribution in [0.4, 0.5) is 11.4 Å². The number of halogens is 1. The second kappa shape index (κ2) is 11.0. The van der Waals surface area contributed by atoms with Gasteiger partial charge in [-0.05, 0) is 18.6 Å². The molecule has 14 heteroatoms. The summed E-state index contributed by atoms with van der Waals surface area (Å²) in [5, 5.41) is 24.1. The lowest BCUT2D eigenvalue weighted by Gasteiger charge is -2.29. The molecule has 1 unspecified atom stereocenters. The predicted octanol–water partition coefficient (Wildman–Crippen LogP) is 2.63. The zero-order chi connectivity index (χ0) is 26.6. The first-order valence-corrected chi connectivity index (χ1v) is 11.5. The zero-order valence-electron chi connectivity index (χ0n) is 18.8. The van der Waals surface area contributed by atoms with Crippen molar-refractivity contribution in [2.45, 2.75) is 30.8 Å². The Kier molecular flexibility index (Phi) is 8.09. The molecule has 3 amide bonds. The monoisotopic (exact) mass is 562 g/mol. The number of esters is 1. The van der Waals surface area contributed by atoms with Crippen LogP contribution >= 0.6 is 15.9 Å². The number of carbonyl (C=O) groups excluding carboxylic acids is 4. The Morgan fingerprint density at radius 1 is 1.11 bits per heavy atom. The van der Waals surface area contributed by atoms with Gasteiger partial charge in [0.1, 0.15) is 6.04 Å². The number of amides is 3. The summed E-state index contributed by atoms with van der Waals surface area (Å²) >= 11 is 3.11. The third-order valence-corrected chi connectivity index (χ3v) is 6.20. The number of nitrogens with zero attached hydrogens (tertiary/aromatic N) is 3. The Bertz CT molecular complexity index is 1280. The second-order valence-corrected chi connectivity index (χ2v) is 8.21. The Hall–Kier alpha value is -4.20. The minimum atomic E-state index is -0.762. The molecule has 0 aromatic heterocycles. The lowest BCUT2D eigenvalue weighted by Crippen LogP contribution is -2.52. The number of methoxy groups -OCH3 is 1. The number of imide groups is 1. The third-order valence-electron chi connectivity index (χ3n) is 5.64. The summed E-state index contributed by atoms with van der Waals surface area (Å²) in [4.78, 5) is 68.5. The fourth-order valence-corrected chi connectivity index (χ4v) is 4.52. The largest absolute Gasteiger partial charge is 0.465 e. The van der Waals surface area contributed by atoms with Gasteiger partial charge >= 0.3 is 5.97 Å². The number of piperidine rings is 1. The molecule has 1 saturated heterocycles. The van der Waals surface area contributed by atoms with Gasteiger partial charge in [0.15, 0.2) is 0 Å². The number of rotatable bonds is 5. The number of carbonyl (C=O) groups is 4. The highest BCUT2D eigenvalue weighted by atomic mass is 79.9. The summed E-state index contributed by atoms with van der Waals surface area (Å²) in [6.07, 6.45) is 0.386. The van der Waals surface area contributed by atoms with Crippen molar-refractivity contribution in [1.29, 1.82) is 0 Å². The molecule has 1 fully saturated rings. The zero-order valence-corrected chi connectivity index (χ0v) is 20.3. The quantitative estimate of drug-likeness (QED) is 0.188. The molecule has 0 aliphatic carbocycles. The van der Waals surface area contributed by atoms with Crippen LogP contribution < -0.4 is 5.32 Å². The number of nitro benzene ring substituents is 2. The van der Waals surface area contributed by atoms with Crippen LogP contribution in [0.1, 0.15) is 44.7 Å². The van der Waals surface area contributed by atoms with Gasteiger partial charge in [0.2, 0.25) is 11.8 Å². The van der Waals surface area contributed by atoms with Crippen LogP contribution in [0.15, 0.2) is 36.4 Å². The van der Waals surface area contributed by atoms with Gasteiger partial charge in [-0.3, -0.25) is 39.9 Å². The van der Waals surface area contributed by atoms with Crippen molar-refractivity contribution in [1.82, 2.24) is 10.2 Å². The topological polar surface area (TPSA) is 179 Å². The first kappa shape index (κ1) is 26.4. The summed E-state index contributed by atoms with van der Waals surface area (Å²) in [7, 11) is 1.24. The van der Waals surface area contributed by atoms with Crippen LogP contribution in [-0.2, 0) is 26.2 Å². The van der Waals surface area contributed by atoms with E-state index >= 15 is 0 Å². The molecule has 2 aliphatic rings. The first-order valence-electron chi connectivity index (χ1n) is 10.4. The van der Waals surface area contributed by atoms with Crippen molar-refractivity contribution in [3.8, 4) is 0 Å². The molecule has 0 saturated carbocycles. The van der Waals surface area contributed by atoms with Crippen LogP contribution in [0.3, 0.4) is 0 Å². The van der Waals surface area contributed by atoms with Gasteiger partial charge < -0.3 is 9.64 Å². The lowest BCUT2D eigenvalue weighted by atomic mass is 10.0. The van der Waals surface area contributed by atoms with Gasteiger partial charge in [-0.15, -0.1) is 0 Å². The van der Waals surface area contributed by atoms with Crippen LogP contribution in [0.25, 0.3) is 0 Å². The third kappa shape index (κ3) is 5.22. The minimum absolute atomic E-state index is 0.0115. The Morgan fingerprint density at radius 2 is 1.75 bits per heavy atom. The number of hydrogen-bond acceptors (Lipinski definition) is 9. The summed E-state index contributed by atoms with van der Waals surface area (Å²) in [5.41, 5.74) is 0.884. The molecular formula is C22H19BrN4O9. The first-order chi connectivity index (χ1) is 17.1. The lowest BCUT2D eigenvalue weighted by molar-refractivity contribution is -0.385. The number of nitrogens with one attached hydrogen (secondary N) is 1. The van der Waals surface area contributed by atoms with Gasteiger partial charge in [-0.25, -0.2) is 4.79 Å². The van der Waals surface area contributed by atoms with E-state index in [1.807, 2.05) is 0 Å². The summed E-state index contributed by atoms with van der Waals surface area (Å²) in [6.45, 7) is 0.0115. The van der Waals surface area contributed by atoms with Crippen LogP contribution in [0.5, 0.6) is 0 Å². The van der Waals surface area contributed by atoms with Gasteiger partial charge in [-0.2, -0.15) is 0 Å². The van der Waals surface area contributed by atoms with E-state index in [4.69, 9.17) is 0 Å². The number of alkyl halides is 1. The smallest absolute Gasteiger partial charge is 0.338 e. The van der Waals surface area contributed by atoms with E-state index in [9.17, 15) is 39.4 Å². The number of nitro groups is 2. The van der Waals surface area contributed by atoms with Crippen LogP contribution in [0.2, 0.25) is 0 Å². The van der Waals surface area contributed by atoms with Gasteiger partial charge in [0, 0.05) is 23.9 Å². The molecule has 2 aromatic rings. The van der Waals surface area contributed by atoms with Gasteiger partial charge in [-0.1, -0.05) is 28.1 Å². The van der Waals surface area contributed by atoms with Gasteiger partial charge in [0.25, 0.3) is 17.3 Å². The van der Waals surface area contributed by atoms with E-state index in [-0.39, 0.29) is 53.1 Å². The van der Waals surface area contributed by atoms with E-state index in [0.29, 0.717) is 11.1 Å². The number of fused-ring (bicyclic) bond motifs is 1. The molecule has 188 valence electrons. The van der Waals surface area contributed by atoms with Crippen molar-refractivity contribution < 1.29 is 33.8 Å². The highest BCUT2D eigenvalue weighted by Gasteiger charge is 2.41. The molecule has 4 rings (SSSR count). The van der Waals surface area contributed by atoms with E-state index in [2.05, 4.69) is 26.0 Å². The van der Waals surface area contributed by atoms with E-state index in [0.717, 1.165) is 0 Å². The van der Waals surface area contributed by atoms with Crippen LogP contribution in [-0.4, -0.2) is 51.6 Å². The molecule has 0 spiro atoms. The average Bonchev–Trinajstić information content (AvgIpc) is 3.19. The molecular weight excluding hydrogens is 544 g/mol. The summed E-state index contributed by atoms with van der Waals surface area (Å²) < 4.78 is 4.53. The fourth-order valence-electron chi connectivity index (χ4n) is 3.93. The van der Waals surface area contributed by atoms with Crippen LogP contribution in [0, 0.1) is 20.2 Å². The fraction of sp³-hybridized carbons (Fsp3) is 0.273. The van der Waals surface area contributed by atoms with E-state index in [1.165, 1.54) is 48.4 Å². The molecule has 2 heterocycles. The molecule has 2 aliphatic heterocycles. The molecule has 0 radical (unpaired) electrons. The second-order valence-electron chi connectivity index (χ2n) is 7.65. The standard InChI is InChI=1S/C13H11N3O5.C9H8BrNO4/c17-11-5-4-10(12(18)14-11)15-6-8-7(13(15)19)2-1-3-9(8)16(20)21;1-15-9(12)6-3-2-4-8(11(13)14)7(6)5-10/h1-3,10H,4-6H2,(H,14,17,18);2-4H,5H2,1H3. The SMILES string of the molecule is COC(=O)c1cccc([N+](=O)[O-])c1CBr.O=C1CCC(N2Cc3c(cccc3[N+](=O)[O-])C2=O)C(=O)N1. The number of ether oxygens (including phenoxy) is 1. The predicted molar refractivity (Wildman–Crippen MR) is 126 cm³/mol. The number of hydrogen-bond donors (Lipinski definition) is 1. The van der Waals surface area contributed by atoms with Crippen molar-refractivity contribution >= 4 is 51.0 Å². The molecule has 2 aromatic carbocycles. The molecule has 36 heavy (non-hydrogen) atoms. The average molecular weight is 563 g/mol. The molecule has 13 nitrogen and oxygen atoms in total. The Balaban J connectivity index is 0.000000214. The normalized spacial score (nSPS) is 16.4. The van der Waals surface area contributed by atoms with Crippen molar-refractivity contribution in [3.63, 3.8) is 0 Å². The number of benzene rings is 2. The van der Waals surface area contributed by atoms with E-state index < -0.39 is 33.7 Å². The molecule has 0 bridgehead atoms. The Labute approximate surface area is 211 Å². The summed E-state index contributed by atoms with van der Waals surface area (Å²) in [6, 6.07) is 7.83. The highest BCUT2D eigenvalue weighted by Crippen LogP contribution is 2.33. The summed E-state index contributed by atoms with van der Waals surface area (Å²) in [5.74, 6) is -1.89. The maximum atomic E-state index is 12.3. The molecule has 1 atom stereocenters. The minimum Gasteiger partial charge on any atom is -0.465 e. The van der Waals surface area contributed by atoms with Crippen molar-refractivity contribution in [2.24, 2.45) is 0 Å². The maximum absolute atomic E-state index is 12.3. The highest BCUT2D eigenvalue weighted by molar-refractivity contribution is 9.08. The van der Waals surface area contributed by atoms with Gasteiger partial charge in [0.05, 0.1) is 45.8 Å². The van der Waals surface area contributed by atoms with Crippen molar-refractivity contribution in [2.75, 3.05) is 7.11 Å².